The molecule has 1 atom stereocenters. The molecular weight excluding hydrogens is 444 g/mol. The van der Waals surface area contributed by atoms with E-state index >= 15 is 0 Å². The predicted octanol–water partition coefficient (Wildman–Crippen LogP) is 5.72. The average Bonchev–Trinajstić information content (AvgIpc) is 3.46. The number of H-pyrrole nitrogens is 2. The van der Waals surface area contributed by atoms with Gasteiger partial charge in [-0.3, -0.25) is 4.79 Å². The van der Waals surface area contributed by atoms with Crippen molar-refractivity contribution in [2.45, 2.75) is 38.7 Å². The first kappa shape index (κ1) is 21.6. The second-order valence-electron chi connectivity index (χ2n) is 8.73. The Kier molecular flexibility index (Phi) is 5.60. The number of para-hydroxylation sites is 2. The van der Waals surface area contributed by atoms with E-state index in [0.717, 1.165) is 57.7 Å². The van der Waals surface area contributed by atoms with E-state index in [1.165, 1.54) is 0 Å². The number of nitrogens with one attached hydrogen (secondary N) is 3. The summed E-state index contributed by atoms with van der Waals surface area (Å²) in [5.74, 6) is 0.638. The van der Waals surface area contributed by atoms with Crippen molar-refractivity contribution in [3.8, 4) is 11.8 Å². The van der Waals surface area contributed by atoms with E-state index in [0.29, 0.717) is 24.8 Å². The Morgan fingerprint density at radius 3 is 2.89 bits per heavy atom. The van der Waals surface area contributed by atoms with E-state index < -0.39 is 0 Å². The molecule has 35 heavy (non-hydrogen) atoms. The first-order valence-electron chi connectivity index (χ1n) is 11.9. The van der Waals surface area contributed by atoms with Gasteiger partial charge in [-0.1, -0.05) is 24.3 Å². The van der Waals surface area contributed by atoms with E-state index in [2.05, 4.69) is 20.3 Å². The molecule has 2 aliphatic rings. The number of anilines is 1. The number of aromatic amines is 2. The van der Waals surface area contributed by atoms with Gasteiger partial charge in [-0.2, -0.15) is 4.98 Å². The second-order valence-corrected chi connectivity index (χ2v) is 8.73. The van der Waals surface area contributed by atoms with Crippen molar-refractivity contribution in [2.24, 2.45) is 0 Å². The van der Waals surface area contributed by atoms with Crippen LogP contribution in [0.15, 0.2) is 66.0 Å². The number of hydrogen-bond acceptors (Lipinski definition) is 6. The minimum atomic E-state index is -0.203. The van der Waals surface area contributed by atoms with Crippen LogP contribution in [0.4, 0.5) is 5.69 Å². The Bertz CT molecular complexity index is 1400. The Labute approximate surface area is 202 Å². The SMILES string of the molecule is CCOOCc1[nH]cc2c1NC1=C(C(=O)CCC1)C2c1cccc(Oc2nc3ccccc3[nH]2)c1. The quantitative estimate of drug-likeness (QED) is 0.182. The lowest BCUT2D eigenvalue weighted by molar-refractivity contribution is -0.301. The molecule has 3 heterocycles. The highest BCUT2D eigenvalue weighted by Crippen LogP contribution is 2.47. The number of imidazole rings is 1. The highest BCUT2D eigenvalue weighted by atomic mass is 17.2. The van der Waals surface area contributed by atoms with Crippen molar-refractivity contribution in [1.82, 2.24) is 15.0 Å². The number of carbonyl (C=O) groups excluding carboxylic acids is 1. The highest BCUT2D eigenvalue weighted by molar-refractivity contribution is 6.01. The zero-order valence-corrected chi connectivity index (χ0v) is 19.4. The maximum absolute atomic E-state index is 13.1. The van der Waals surface area contributed by atoms with Gasteiger partial charge >= 0.3 is 0 Å². The summed E-state index contributed by atoms with van der Waals surface area (Å²) in [7, 11) is 0. The van der Waals surface area contributed by atoms with Crippen LogP contribution in [0, 0.1) is 0 Å². The smallest absolute Gasteiger partial charge is 0.300 e. The summed E-state index contributed by atoms with van der Waals surface area (Å²) >= 11 is 0. The van der Waals surface area contributed by atoms with E-state index in [1.807, 2.05) is 61.7 Å². The lowest BCUT2D eigenvalue weighted by Crippen LogP contribution is -2.26. The Morgan fingerprint density at radius 2 is 2.00 bits per heavy atom. The molecule has 8 heteroatoms. The molecule has 0 saturated heterocycles. The van der Waals surface area contributed by atoms with Crippen LogP contribution in [0.1, 0.15) is 48.9 Å². The van der Waals surface area contributed by atoms with Crippen LogP contribution in [0.3, 0.4) is 0 Å². The summed E-state index contributed by atoms with van der Waals surface area (Å²) in [4.78, 5) is 34.6. The number of Topliss-reactive ketones (excluding diaryl/α,β-unsaturated/α-hetero) is 1. The number of rotatable bonds is 7. The number of hydrogen-bond donors (Lipinski definition) is 3. The minimum absolute atomic E-state index is 0.186. The van der Waals surface area contributed by atoms with Gasteiger partial charge in [-0.15, -0.1) is 0 Å². The monoisotopic (exact) mass is 470 g/mol. The van der Waals surface area contributed by atoms with Gasteiger partial charge in [0.1, 0.15) is 12.4 Å². The summed E-state index contributed by atoms with van der Waals surface area (Å²) in [5, 5.41) is 3.52. The number of ketones is 1. The van der Waals surface area contributed by atoms with Crippen molar-refractivity contribution in [3.05, 3.63) is 82.8 Å². The summed E-state index contributed by atoms with van der Waals surface area (Å²) in [6.45, 7) is 2.64. The van der Waals surface area contributed by atoms with E-state index in [-0.39, 0.29) is 18.3 Å². The summed E-state index contributed by atoms with van der Waals surface area (Å²) in [5.41, 5.74) is 7.41. The van der Waals surface area contributed by atoms with Crippen molar-refractivity contribution < 1.29 is 19.3 Å². The van der Waals surface area contributed by atoms with Gasteiger partial charge in [0.15, 0.2) is 5.78 Å². The maximum Gasteiger partial charge on any atom is 0.300 e. The fraction of sp³-hybridized carbons (Fsp3) is 0.259. The highest BCUT2D eigenvalue weighted by Gasteiger charge is 2.37. The lowest BCUT2D eigenvalue weighted by Gasteiger charge is -2.33. The van der Waals surface area contributed by atoms with Crippen LogP contribution in [-0.4, -0.2) is 27.3 Å². The molecule has 0 amide bonds. The van der Waals surface area contributed by atoms with Crippen molar-refractivity contribution >= 4 is 22.5 Å². The zero-order valence-electron chi connectivity index (χ0n) is 19.4. The molecule has 4 aromatic rings. The van der Waals surface area contributed by atoms with Crippen LogP contribution in [-0.2, 0) is 21.2 Å². The molecule has 0 fully saturated rings. The van der Waals surface area contributed by atoms with E-state index in [9.17, 15) is 4.79 Å². The van der Waals surface area contributed by atoms with Gasteiger partial charge in [0.2, 0.25) is 0 Å². The fourth-order valence-corrected chi connectivity index (χ4v) is 4.98. The van der Waals surface area contributed by atoms with Crippen molar-refractivity contribution in [3.63, 3.8) is 0 Å². The molecule has 178 valence electrons. The molecule has 1 aliphatic heterocycles. The number of carbonyl (C=O) groups is 1. The summed E-state index contributed by atoms with van der Waals surface area (Å²) in [6.07, 6.45) is 4.20. The molecular formula is C27H26N4O4. The molecule has 0 spiro atoms. The molecule has 0 saturated carbocycles. The topological polar surface area (TPSA) is 101 Å². The first-order chi connectivity index (χ1) is 17.2. The maximum atomic E-state index is 13.1. The Morgan fingerprint density at radius 1 is 1.09 bits per heavy atom. The molecule has 3 N–H and O–H groups in total. The van der Waals surface area contributed by atoms with Crippen LogP contribution in [0.5, 0.6) is 11.8 Å². The third kappa shape index (κ3) is 4.00. The van der Waals surface area contributed by atoms with Crippen LogP contribution in [0.2, 0.25) is 0 Å². The van der Waals surface area contributed by atoms with Gasteiger partial charge in [0, 0.05) is 35.4 Å². The number of ether oxygens (including phenoxy) is 1. The number of allylic oxidation sites excluding steroid dienone is 2. The Balaban J connectivity index is 1.37. The number of fused-ring (bicyclic) bond motifs is 2. The molecule has 8 nitrogen and oxygen atoms in total. The molecule has 0 radical (unpaired) electrons. The zero-order chi connectivity index (χ0) is 23.8. The third-order valence-corrected chi connectivity index (χ3v) is 6.50. The number of benzene rings is 2. The van der Waals surface area contributed by atoms with Gasteiger partial charge in [0.25, 0.3) is 6.01 Å². The first-order valence-corrected chi connectivity index (χ1v) is 11.9. The van der Waals surface area contributed by atoms with Crippen molar-refractivity contribution in [1.29, 1.82) is 0 Å². The van der Waals surface area contributed by atoms with E-state index in [4.69, 9.17) is 14.5 Å². The number of nitrogens with zero attached hydrogens (tertiary/aromatic N) is 1. The molecule has 6 rings (SSSR count). The van der Waals surface area contributed by atoms with Crippen LogP contribution in [0.25, 0.3) is 11.0 Å². The molecule has 2 aromatic heterocycles. The van der Waals surface area contributed by atoms with Gasteiger partial charge in [0.05, 0.1) is 29.0 Å². The molecule has 1 unspecified atom stereocenters. The predicted molar refractivity (Wildman–Crippen MR) is 131 cm³/mol. The minimum Gasteiger partial charge on any atom is -0.426 e. The largest absolute Gasteiger partial charge is 0.426 e. The summed E-state index contributed by atoms with van der Waals surface area (Å²) in [6, 6.07) is 16.1. The van der Waals surface area contributed by atoms with E-state index in [1.54, 1.807) is 0 Å². The van der Waals surface area contributed by atoms with Crippen molar-refractivity contribution in [2.75, 3.05) is 11.9 Å². The van der Waals surface area contributed by atoms with Gasteiger partial charge in [-0.25, -0.2) is 9.78 Å². The normalized spacial score (nSPS) is 17.3. The van der Waals surface area contributed by atoms with Gasteiger partial charge < -0.3 is 20.0 Å². The summed E-state index contributed by atoms with van der Waals surface area (Å²) < 4.78 is 6.09. The number of aromatic nitrogens is 3. The molecule has 0 bridgehead atoms. The second kappa shape index (κ2) is 9.05. The lowest BCUT2D eigenvalue weighted by atomic mass is 9.76. The average molecular weight is 471 g/mol. The van der Waals surface area contributed by atoms with Gasteiger partial charge in [-0.05, 0) is 49.6 Å². The Hall–Kier alpha value is -3.88. The molecule has 1 aliphatic carbocycles. The third-order valence-electron chi connectivity index (χ3n) is 6.50. The molecule has 2 aromatic carbocycles. The van der Waals surface area contributed by atoms with Crippen LogP contribution < -0.4 is 10.1 Å². The van der Waals surface area contributed by atoms with Crippen LogP contribution >= 0.6 is 0 Å². The standard InChI is InChI=1S/C27H26N4O4/c1-2-33-34-15-22-26-18(14-28-22)24(25-21(29-26)11-6-12-23(25)32)16-7-5-8-17(13-16)35-27-30-19-9-3-4-10-20(19)31-27/h3-5,7-10,13-14,24,28-29H,2,6,11-12,15H2,1H3,(H,30,31). The fourth-order valence-electron chi connectivity index (χ4n) is 4.98.